The van der Waals surface area contributed by atoms with Gasteiger partial charge in [-0.3, -0.25) is 14.5 Å². The Kier molecular flexibility index (Phi) is 6.24. The monoisotopic (exact) mass is 401 g/mol. The van der Waals surface area contributed by atoms with E-state index in [4.69, 9.17) is 11.6 Å². The number of hydrogen-bond acceptors (Lipinski definition) is 4. The molecule has 0 spiro atoms. The maximum Gasteiger partial charge on any atom is 0.0537 e. The van der Waals surface area contributed by atoms with E-state index in [1.807, 2.05) is 12.1 Å². The van der Waals surface area contributed by atoms with Crippen LogP contribution in [0.2, 0.25) is 5.02 Å². The van der Waals surface area contributed by atoms with E-state index in [-0.39, 0.29) is 0 Å². The molecule has 2 aromatic rings. The first kappa shape index (κ1) is 19.7. The van der Waals surface area contributed by atoms with Crippen LogP contribution in [0.15, 0.2) is 30.5 Å². The number of piperazine rings is 1. The van der Waals surface area contributed by atoms with Crippen molar-refractivity contribution >= 4 is 17.3 Å². The van der Waals surface area contributed by atoms with Gasteiger partial charge in [-0.2, -0.15) is 5.10 Å². The maximum absolute atomic E-state index is 6.17. The van der Waals surface area contributed by atoms with Crippen molar-refractivity contribution in [3.8, 4) is 0 Å². The lowest BCUT2D eigenvalue weighted by molar-refractivity contribution is 0.0886. The number of aromatic nitrogens is 2. The molecule has 0 amide bonds. The number of aryl methyl sites for hydroxylation is 1. The van der Waals surface area contributed by atoms with Crippen LogP contribution in [0.5, 0.6) is 0 Å². The number of halogens is 1. The fourth-order valence-corrected chi connectivity index (χ4v) is 4.88. The summed E-state index contributed by atoms with van der Waals surface area (Å²) in [6.07, 6.45) is 4.67. The Labute approximate surface area is 173 Å². The summed E-state index contributed by atoms with van der Waals surface area (Å²) in [6.45, 7) is 13.2. The molecule has 4 rings (SSSR count). The molecule has 3 heterocycles. The fraction of sp³-hybridized carbons (Fsp3) is 0.591. The molecule has 0 aliphatic carbocycles. The van der Waals surface area contributed by atoms with Gasteiger partial charge in [-0.15, -0.1) is 0 Å². The van der Waals surface area contributed by atoms with Gasteiger partial charge < -0.3 is 4.90 Å². The Bertz CT molecular complexity index is 781. The van der Waals surface area contributed by atoms with Crippen LogP contribution in [-0.4, -0.2) is 64.9 Å². The largest absolute Gasteiger partial charge is 0.369 e. The molecule has 0 unspecified atom stereocenters. The molecule has 0 saturated carbocycles. The number of rotatable bonds is 5. The first-order valence-corrected chi connectivity index (χ1v) is 11.0. The van der Waals surface area contributed by atoms with Crippen LogP contribution in [0.4, 0.5) is 5.69 Å². The van der Waals surface area contributed by atoms with Crippen molar-refractivity contribution in [2.75, 3.05) is 44.2 Å². The molecule has 1 atom stereocenters. The molecule has 5 nitrogen and oxygen atoms in total. The summed E-state index contributed by atoms with van der Waals surface area (Å²) in [7, 11) is 0. The van der Waals surface area contributed by atoms with E-state index < -0.39 is 0 Å². The first-order chi connectivity index (χ1) is 13.6. The second-order valence-electron chi connectivity index (χ2n) is 8.11. The summed E-state index contributed by atoms with van der Waals surface area (Å²) in [4.78, 5) is 7.79. The van der Waals surface area contributed by atoms with Crippen LogP contribution >= 0.6 is 11.6 Å². The van der Waals surface area contributed by atoms with E-state index in [0.29, 0.717) is 6.04 Å². The zero-order valence-corrected chi connectivity index (χ0v) is 17.9. The minimum atomic E-state index is 0.678. The lowest BCUT2D eigenvalue weighted by atomic mass is 10.0. The van der Waals surface area contributed by atoms with E-state index in [0.717, 1.165) is 44.3 Å². The average Bonchev–Trinajstić information content (AvgIpc) is 3.08. The zero-order valence-electron chi connectivity index (χ0n) is 17.1. The average molecular weight is 402 g/mol. The van der Waals surface area contributed by atoms with Gasteiger partial charge in [-0.25, -0.2) is 0 Å². The third kappa shape index (κ3) is 4.37. The van der Waals surface area contributed by atoms with E-state index in [2.05, 4.69) is 56.7 Å². The van der Waals surface area contributed by atoms with Gasteiger partial charge in [-0.1, -0.05) is 17.7 Å². The molecule has 0 bridgehead atoms. The van der Waals surface area contributed by atoms with Crippen LogP contribution in [0.3, 0.4) is 0 Å². The molecule has 2 aliphatic rings. The van der Waals surface area contributed by atoms with Crippen LogP contribution in [0.1, 0.15) is 31.0 Å². The number of hydrogen-bond donors (Lipinski definition) is 0. The molecule has 6 heteroatoms. The highest BCUT2D eigenvalue weighted by molar-refractivity contribution is 6.30. The second kappa shape index (κ2) is 8.85. The van der Waals surface area contributed by atoms with Crippen LogP contribution in [-0.2, 0) is 13.1 Å². The van der Waals surface area contributed by atoms with Gasteiger partial charge in [0.05, 0.1) is 6.20 Å². The maximum atomic E-state index is 6.17. The number of likely N-dealkylation sites (tertiary alicyclic amines) is 1. The highest BCUT2D eigenvalue weighted by atomic mass is 35.5. The Morgan fingerprint density at radius 3 is 2.68 bits per heavy atom. The minimum Gasteiger partial charge on any atom is -0.369 e. The van der Waals surface area contributed by atoms with Gasteiger partial charge in [0.1, 0.15) is 0 Å². The lowest BCUT2D eigenvalue weighted by Gasteiger charge is -2.44. The van der Waals surface area contributed by atoms with Crippen LogP contribution in [0, 0.1) is 6.92 Å². The number of benzene rings is 1. The number of anilines is 1. The second-order valence-corrected chi connectivity index (χ2v) is 8.54. The third-order valence-electron chi connectivity index (χ3n) is 6.38. The predicted octanol–water partition coefficient (Wildman–Crippen LogP) is 3.65. The summed E-state index contributed by atoms with van der Waals surface area (Å²) in [6, 6.07) is 8.92. The molecule has 28 heavy (non-hydrogen) atoms. The highest BCUT2D eigenvalue weighted by Gasteiger charge is 2.28. The van der Waals surface area contributed by atoms with E-state index in [1.165, 1.54) is 42.9 Å². The molecule has 1 aromatic heterocycles. The molecule has 152 valence electrons. The number of piperidine rings is 1. The van der Waals surface area contributed by atoms with Crippen molar-refractivity contribution in [3.63, 3.8) is 0 Å². The van der Waals surface area contributed by atoms with E-state index in [1.54, 1.807) is 0 Å². The van der Waals surface area contributed by atoms with Gasteiger partial charge >= 0.3 is 0 Å². The standard InChI is InChI=1S/C22H32ClN5/c1-3-28-18(2)19(15-24-28)16-25-9-5-8-22(17-25)27-12-10-26(11-13-27)21-7-4-6-20(23)14-21/h4,6-7,14-15,22H,3,5,8-13,16-17H2,1-2H3/t22-/m1/s1. The Morgan fingerprint density at radius 1 is 1.14 bits per heavy atom. The SMILES string of the molecule is CCn1ncc(CN2CCC[C@@H](N3CCN(c4cccc(Cl)c4)CC3)C2)c1C. The molecule has 2 saturated heterocycles. The number of nitrogens with zero attached hydrogens (tertiary/aromatic N) is 5. The molecular weight excluding hydrogens is 370 g/mol. The van der Waals surface area contributed by atoms with Gasteiger partial charge in [-0.05, 0) is 51.4 Å². The molecule has 0 N–H and O–H groups in total. The van der Waals surface area contributed by atoms with Gasteiger partial charge in [0, 0.05) is 73.8 Å². The first-order valence-electron chi connectivity index (χ1n) is 10.6. The van der Waals surface area contributed by atoms with Gasteiger partial charge in [0.15, 0.2) is 0 Å². The third-order valence-corrected chi connectivity index (χ3v) is 6.62. The van der Waals surface area contributed by atoms with Crippen molar-refractivity contribution in [1.29, 1.82) is 0 Å². The van der Waals surface area contributed by atoms with Gasteiger partial charge in [0.2, 0.25) is 0 Å². The molecule has 0 radical (unpaired) electrons. The molecule has 1 aromatic carbocycles. The summed E-state index contributed by atoms with van der Waals surface area (Å²) in [5.41, 5.74) is 3.95. The summed E-state index contributed by atoms with van der Waals surface area (Å²) in [5.74, 6) is 0. The van der Waals surface area contributed by atoms with E-state index in [9.17, 15) is 0 Å². The van der Waals surface area contributed by atoms with Crippen molar-refractivity contribution in [1.82, 2.24) is 19.6 Å². The summed E-state index contributed by atoms with van der Waals surface area (Å²) in [5, 5.41) is 5.34. The molecular formula is C22H32ClN5. The Morgan fingerprint density at radius 2 is 1.96 bits per heavy atom. The van der Waals surface area contributed by atoms with Crippen molar-refractivity contribution < 1.29 is 0 Å². The summed E-state index contributed by atoms with van der Waals surface area (Å²) < 4.78 is 2.10. The van der Waals surface area contributed by atoms with Crippen molar-refractivity contribution in [3.05, 3.63) is 46.7 Å². The zero-order chi connectivity index (χ0) is 19.5. The minimum absolute atomic E-state index is 0.678. The Hall–Kier alpha value is -1.56. The lowest BCUT2D eigenvalue weighted by Crippen LogP contribution is -2.55. The van der Waals surface area contributed by atoms with Gasteiger partial charge in [0.25, 0.3) is 0 Å². The normalized spacial score (nSPS) is 22.0. The molecule has 2 fully saturated rings. The van der Waals surface area contributed by atoms with Crippen LogP contribution < -0.4 is 4.90 Å². The van der Waals surface area contributed by atoms with E-state index >= 15 is 0 Å². The molecule has 2 aliphatic heterocycles. The topological polar surface area (TPSA) is 27.5 Å². The Balaban J connectivity index is 1.32. The van der Waals surface area contributed by atoms with Crippen molar-refractivity contribution in [2.24, 2.45) is 0 Å². The van der Waals surface area contributed by atoms with Crippen molar-refractivity contribution in [2.45, 2.75) is 45.8 Å². The highest BCUT2D eigenvalue weighted by Crippen LogP contribution is 2.24. The predicted molar refractivity (Wildman–Crippen MR) is 116 cm³/mol. The quantitative estimate of drug-likeness (QED) is 0.764. The smallest absolute Gasteiger partial charge is 0.0537 e. The summed E-state index contributed by atoms with van der Waals surface area (Å²) >= 11 is 6.17. The van der Waals surface area contributed by atoms with Crippen LogP contribution in [0.25, 0.3) is 0 Å². The fourth-order valence-electron chi connectivity index (χ4n) is 4.69.